The fourth-order valence-electron chi connectivity index (χ4n) is 1.93. The van der Waals surface area contributed by atoms with Gasteiger partial charge < -0.3 is 5.32 Å². The van der Waals surface area contributed by atoms with Gasteiger partial charge in [-0.05, 0) is 31.3 Å². The molecule has 98 valence electrons. The molecule has 1 aromatic rings. The Kier molecular flexibility index (Phi) is 5.40. The lowest BCUT2D eigenvalue weighted by Crippen LogP contribution is -2.46. The number of likely N-dealkylation sites (N-methyl/N-ethyl adjacent to an activating group) is 1. The number of hydrogen-bond acceptors (Lipinski definition) is 4. The summed E-state index contributed by atoms with van der Waals surface area (Å²) < 4.78 is 26.5. The van der Waals surface area contributed by atoms with Crippen molar-refractivity contribution in [3.63, 3.8) is 0 Å². The van der Waals surface area contributed by atoms with Gasteiger partial charge in [0.2, 0.25) is 0 Å². The van der Waals surface area contributed by atoms with E-state index in [0.717, 1.165) is 12.8 Å². The molecule has 0 spiro atoms. The Balaban J connectivity index is 0.00000144. The Hall–Kier alpha value is -0.140. The van der Waals surface area contributed by atoms with Crippen LogP contribution in [0.3, 0.4) is 0 Å². The molecule has 0 bridgehead atoms. The SMILES string of the molecule is CNC1CCCN(S(=O)(=O)c2cccs2)C1.Cl. The highest BCUT2D eigenvalue weighted by Gasteiger charge is 2.30. The summed E-state index contributed by atoms with van der Waals surface area (Å²) in [6.45, 7) is 1.22. The highest BCUT2D eigenvalue weighted by atomic mass is 35.5. The van der Waals surface area contributed by atoms with Crippen LogP contribution < -0.4 is 5.32 Å². The first-order chi connectivity index (χ1) is 7.64. The zero-order valence-electron chi connectivity index (χ0n) is 9.63. The third kappa shape index (κ3) is 3.20. The topological polar surface area (TPSA) is 49.4 Å². The molecule has 1 saturated heterocycles. The summed E-state index contributed by atoms with van der Waals surface area (Å²) in [6.07, 6.45) is 1.98. The molecule has 1 unspecified atom stereocenters. The predicted octanol–water partition coefficient (Wildman–Crippen LogP) is 1.54. The van der Waals surface area contributed by atoms with Crippen molar-refractivity contribution < 1.29 is 8.42 Å². The lowest BCUT2D eigenvalue weighted by Gasteiger charge is -2.31. The van der Waals surface area contributed by atoms with Crippen molar-refractivity contribution in [1.29, 1.82) is 0 Å². The van der Waals surface area contributed by atoms with Crippen LogP contribution in [0.4, 0.5) is 0 Å². The molecule has 1 aromatic heterocycles. The van der Waals surface area contributed by atoms with E-state index in [-0.39, 0.29) is 18.4 Å². The molecule has 1 N–H and O–H groups in total. The lowest BCUT2D eigenvalue weighted by atomic mass is 10.1. The van der Waals surface area contributed by atoms with E-state index in [4.69, 9.17) is 0 Å². The zero-order valence-corrected chi connectivity index (χ0v) is 12.1. The number of nitrogens with one attached hydrogen (secondary N) is 1. The molecule has 2 heterocycles. The monoisotopic (exact) mass is 296 g/mol. The van der Waals surface area contributed by atoms with Crippen molar-refractivity contribution in [2.45, 2.75) is 23.1 Å². The zero-order chi connectivity index (χ0) is 11.6. The molecule has 1 atom stereocenters. The van der Waals surface area contributed by atoms with Gasteiger partial charge in [-0.1, -0.05) is 6.07 Å². The van der Waals surface area contributed by atoms with Gasteiger partial charge in [-0.15, -0.1) is 23.7 Å². The van der Waals surface area contributed by atoms with Crippen molar-refractivity contribution in [2.75, 3.05) is 20.1 Å². The quantitative estimate of drug-likeness (QED) is 0.920. The molecule has 17 heavy (non-hydrogen) atoms. The van der Waals surface area contributed by atoms with Crippen LogP contribution in [-0.2, 0) is 10.0 Å². The van der Waals surface area contributed by atoms with Crippen LogP contribution in [0.15, 0.2) is 21.7 Å². The average Bonchev–Trinajstić information content (AvgIpc) is 2.83. The Morgan fingerprint density at radius 1 is 1.53 bits per heavy atom. The third-order valence-electron chi connectivity index (χ3n) is 2.88. The van der Waals surface area contributed by atoms with Crippen molar-refractivity contribution in [3.05, 3.63) is 17.5 Å². The van der Waals surface area contributed by atoms with E-state index in [2.05, 4.69) is 5.32 Å². The minimum Gasteiger partial charge on any atom is -0.316 e. The molecular formula is C10H17ClN2O2S2. The van der Waals surface area contributed by atoms with Crippen LogP contribution in [0, 0.1) is 0 Å². The van der Waals surface area contributed by atoms with Gasteiger partial charge in [0.15, 0.2) is 0 Å². The largest absolute Gasteiger partial charge is 0.316 e. The maximum absolute atomic E-state index is 12.2. The molecule has 0 saturated carbocycles. The minimum atomic E-state index is -3.25. The molecule has 0 aromatic carbocycles. The van der Waals surface area contributed by atoms with Gasteiger partial charge in [-0.25, -0.2) is 8.42 Å². The fraction of sp³-hybridized carbons (Fsp3) is 0.600. The molecule has 1 aliphatic heterocycles. The first-order valence-corrected chi connectivity index (χ1v) is 7.67. The van der Waals surface area contributed by atoms with E-state index in [9.17, 15) is 8.42 Å². The fourth-order valence-corrected chi connectivity index (χ4v) is 4.60. The average molecular weight is 297 g/mol. The maximum Gasteiger partial charge on any atom is 0.252 e. The van der Waals surface area contributed by atoms with E-state index < -0.39 is 10.0 Å². The van der Waals surface area contributed by atoms with Gasteiger partial charge in [0.25, 0.3) is 10.0 Å². The van der Waals surface area contributed by atoms with Gasteiger partial charge in [0, 0.05) is 19.1 Å². The number of rotatable bonds is 3. The van der Waals surface area contributed by atoms with Gasteiger partial charge in [-0.3, -0.25) is 0 Å². The molecule has 1 aliphatic rings. The molecule has 0 aliphatic carbocycles. The Morgan fingerprint density at radius 3 is 2.88 bits per heavy atom. The first-order valence-electron chi connectivity index (χ1n) is 5.35. The van der Waals surface area contributed by atoms with Crippen molar-refractivity contribution in [1.82, 2.24) is 9.62 Å². The number of piperidine rings is 1. The number of thiophene rings is 1. The second-order valence-corrected chi connectivity index (χ2v) is 7.04. The van der Waals surface area contributed by atoms with E-state index in [1.54, 1.807) is 21.8 Å². The lowest BCUT2D eigenvalue weighted by molar-refractivity contribution is 0.293. The van der Waals surface area contributed by atoms with Crippen LogP contribution >= 0.6 is 23.7 Å². The Labute approximate surface area is 112 Å². The first kappa shape index (κ1) is 14.9. The number of hydrogen-bond donors (Lipinski definition) is 1. The number of halogens is 1. The van der Waals surface area contributed by atoms with E-state index in [0.29, 0.717) is 17.3 Å². The molecular weight excluding hydrogens is 280 g/mol. The van der Waals surface area contributed by atoms with Crippen LogP contribution in [0.1, 0.15) is 12.8 Å². The Morgan fingerprint density at radius 2 is 2.29 bits per heavy atom. The van der Waals surface area contributed by atoms with Gasteiger partial charge >= 0.3 is 0 Å². The molecule has 7 heteroatoms. The van der Waals surface area contributed by atoms with Gasteiger partial charge in [-0.2, -0.15) is 4.31 Å². The highest BCUT2D eigenvalue weighted by molar-refractivity contribution is 7.91. The van der Waals surface area contributed by atoms with Crippen LogP contribution in [0.2, 0.25) is 0 Å². The summed E-state index contributed by atoms with van der Waals surface area (Å²) in [4.78, 5) is 0. The molecule has 1 fully saturated rings. The highest BCUT2D eigenvalue weighted by Crippen LogP contribution is 2.23. The summed E-state index contributed by atoms with van der Waals surface area (Å²) in [5.74, 6) is 0. The summed E-state index contributed by atoms with van der Waals surface area (Å²) in [6, 6.07) is 3.73. The molecule has 0 amide bonds. The van der Waals surface area contributed by atoms with Gasteiger partial charge in [0.05, 0.1) is 0 Å². The van der Waals surface area contributed by atoms with E-state index in [1.165, 1.54) is 11.3 Å². The van der Waals surface area contributed by atoms with Crippen molar-refractivity contribution >= 4 is 33.8 Å². The second-order valence-electron chi connectivity index (χ2n) is 3.92. The number of sulfonamides is 1. The number of nitrogens with zero attached hydrogens (tertiary/aromatic N) is 1. The van der Waals surface area contributed by atoms with Crippen LogP contribution in [0.5, 0.6) is 0 Å². The minimum absolute atomic E-state index is 0. The van der Waals surface area contributed by atoms with Crippen molar-refractivity contribution in [3.8, 4) is 0 Å². The molecule has 0 radical (unpaired) electrons. The third-order valence-corrected chi connectivity index (χ3v) is 6.12. The standard InChI is InChI=1S/C10H16N2O2S2.ClH/c1-11-9-4-2-6-12(8-9)16(13,14)10-5-3-7-15-10;/h3,5,7,9,11H,2,4,6,8H2,1H3;1H. The summed E-state index contributed by atoms with van der Waals surface area (Å²) in [7, 11) is -1.37. The summed E-state index contributed by atoms with van der Waals surface area (Å²) >= 11 is 1.28. The second kappa shape index (κ2) is 6.15. The normalized spacial score (nSPS) is 22.1. The molecule has 4 nitrogen and oxygen atoms in total. The predicted molar refractivity (Wildman–Crippen MR) is 72.4 cm³/mol. The summed E-state index contributed by atoms with van der Waals surface area (Å²) in [5, 5.41) is 4.95. The van der Waals surface area contributed by atoms with Crippen LogP contribution in [0.25, 0.3) is 0 Å². The van der Waals surface area contributed by atoms with Crippen molar-refractivity contribution in [2.24, 2.45) is 0 Å². The molecule has 2 rings (SSSR count). The van der Waals surface area contributed by atoms with E-state index >= 15 is 0 Å². The Bertz CT molecular complexity index is 433. The maximum atomic E-state index is 12.2. The smallest absolute Gasteiger partial charge is 0.252 e. The van der Waals surface area contributed by atoms with Crippen LogP contribution in [-0.4, -0.2) is 38.9 Å². The van der Waals surface area contributed by atoms with Gasteiger partial charge in [0.1, 0.15) is 4.21 Å². The van der Waals surface area contributed by atoms with E-state index in [1.807, 2.05) is 7.05 Å². The summed E-state index contributed by atoms with van der Waals surface area (Å²) in [5.41, 5.74) is 0.